The molecule has 0 saturated heterocycles. The van der Waals surface area contributed by atoms with Gasteiger partial charge in [0, 0.05) is 29.6 Å². The van der Waals surface area contributed by atoms with E-state index >= 15 is 0 Å². The molecule has 1 heterocycles. The van der Waals surface area contributed by atoms with Crippen molar-refractivity contribution in [2.45, 2.75) is 44.6 Å². The van der Waals surface area contributed by atoms with Crippen LogP contribution in [-0.2, 0) is 4.79 Å². The van der Waals surface area contributed by atoms with Crippen LogP contribution in [0.1, 0.15) is 48.9 Å². The zero-order valence-corrected chi connectivity index (χ0v) is 15.5. The lowest BCUT2D eigenvalue weighted by atomic mass is 10.2. The quantitative estimate of drug-likeness (QED) is 0.682. The maximum absolute atomic E-state index is 12.0. The number of hydrogen-bond acceptors (Lipinski definition) is 4. The fourth-order valence-corrected chi connectivity index (χ4v) is 3.62. The molecule has 3 rings (SSSR count). The van der Waals surface area contributed by atoms with Crippen molar-refractivity contribution < 1.29 is 14.3 Å². The molecule has 2 amide bonds. The molecule has 1 aliphatic rings. The molecule has 0 unspecified atom stereocenters. The van der Waals surface area contributed by atoms with Gasteiger partial charge in [-0.15, -0.1) is 0 Å². The van der Waals surface area contributed by atoms with E-state index in [-0.39, 0.29) is 11.8 Å². The van der Waals surface area contributed by atoms with E-state index in [4.69, 9.17) is 4.74 Å². The standard InChI is InChI=1S/C20H24N2O3S/c23-19(6-3-12-21-20(24)15-11-13-26-14-15)22-16-7-9-18(10-8-16)25-17-4-1-2-5-17/h7-11,13-14,17H,1-6,12H2,(H,21,24)(H,22,23). The van der Waals surface area contributed by atoms with Crippen LogP contribution in [0, 0.1) is 0 Å². The highest BCUT2D eigenvalue weighted by Crippen LogP contribution is 2.25. The summed E-state index contributed by atoms with van der Waals surface area (Å²) in [7, 11) is 0. The molecule has 1 aliphatic carbocycles. The zero-order valence-electron chi connectivity index (χ0n) is 14.7. The maximum Gasteiger partial charge on any atom is 0.252 e. The average Bonchev–Trinajstić information content (AvgIpc) is 3.34. The maximum atomic E-state index is 12.0. The van der Waals surface area contributed by atoms with Gasteiger partial charge in [0.15, 0.2) is 0 Å². The summed E-state index contributed by atoms with van der Waals surface area (Å²) in [6.07, 6.45) is 6.04. The largest absolute Gasteiger partial charge is 0.490 e. The number of amides is 2. The fraction of sp³-hybridized carbons (Fsp3) is 0.400. The first-order chi connectivity index (χ1) is 12.7. The predicted molar refractivity (Wildman–Crippen MR) is 104 cm³/mol. The van der Waals surface area contributed by atoms with Crippen LogP contribution in [0.25, 0.3) is 0 Å². The zero-order chi connectivity index (χ0) is 18.2. The molecule has 0 spiro atoms. The summed E-state index contributed by atoms with van der Waals surface area (Å²) >= 11 is 1.49. The van der Waals surface area contributed by atoms with Gasteiger partial charge in [0.25, 0.3) is 5.91 Å². The SMILES string of the molecule is O=C(CCCNC(=O)c1ccsc1)Nc1ccc(OC2CCCC2)cc1. The number of carbonyl (C=O) groups excluding carboxylic acids is 2. The second kappa shape index (κ2) is 9.38. The number of thiophene rings is 1. The Kier molecular flexibility index (Phi) is 6.66. The Bertz CT molecular complexity index is 707. The van der Waals surface area contributed by atoms with Gasteiger partial charge in [0.05, 0.1) is 6.10 Å². The van der Waals surface area contributed by atoms with Gasteiger partial charge < -0.3 is 15.4 Å². The topological polar surface area (TPSA) is 67.4 Å². The minimum Gasteiger partial charge on any atom is -0.490 e. The summed E-state index contributed by atoms with van der Waals surface area (Å²) in [5.74, 6) is 0.704. The highest BCUT2D eigenvalue weighted by molar-refractivity contribution is 7.08. The van der Waals surface area contributed by atoms with E-state index in [9.17, 15) is 9.59 Å². The third-order valence-electron chi connectivity index (χ3n) is 4.39. The first kappa shape index (κ1) is 18.5. The van der Waals surface area contributed by atoms with Crippen molar-refractivity contribution in [2.75, 3.05) is 11.9 Å². The van der Waals surface area contributed by atoms with Gasteiger partial charge in [-0.3, -0.25) is 9.59 Å². The highest BCUT2D eigenvalue weighted by Gasteiger charge is 2.16. The molecule has 0 atom stereocenters. The molecule has 0 radical (unpaired) electrons. The highest BCUT2D eigenvalue weighted by atomic mass is 32.1. The minimum atomic E-state index is -0.0930. The molecule has 1 fully saturated rings. The van der Waals surface area contributed by atoms with E-state index in [2.05, 4.69) is 10.6 Å². The molecule has 138 valence electrons. The smallest absolute Gasteiger partial charge is 0.252 e. The van der Waals surface area contributed by atoms with E-state index in [0.717, 1.165) is 24.3 Å². The van der Waals surface area contributed by atoms with Gasteiger partial charge in [0.2, 0.25) is 5.91 Å². The van der Waals surface area contributed by atoms with Crippen molar-refractivity contribution >= 4 is 28.8 Å². The van der Waals surface area contributed by atoms with E-state index in [1.807, 2.05) is 35.0 Å². The molecule has 0 bridgehead atoms. The first-order valence-corrected chi connectivity index (χ1v) is 10.0. The van der Waals surface area contributed by atoms with Gasteiger partial charge >= 0.3 is 0 Å². The van der Waals surface area contributed by atoms with Crippen molar-refractivity contribution in [1.29, 1.82) is 0 Å². The van der Waals surface area contributed by atoms with Crippen molar-refractivity contribution in [1.82, 2.24) is 5.32 Å². The van der Waals surface area contributed by atoms with Crippen LogP contribution in [0.2, 0.25) is 0 Å². The lowest BCUT2D eigenvalue weighted by Gasteiger charge is -2.13. The Morgan fingerprint density at radius 1 is 1.12 bits per heavy atom. The van der Waals surface area contributed by atoms with Gasteiger partial charge in [0.1, 0.15) is 5.75 Å². The Hall–Kier alpha value is -2.34. The van der Waals surface area contributed by atoms with Crippen molar-refractivity contribution in [2.24, 2.45) is 0 Å². The van der Waals surface area contributed by atoms with Gasteiger partial charge in [-0.1, -0.05) is 0 Å². The molecule has 26 heavy (non-hydrogen) atoms. The number of ether oxygens (including phenoxy) is 1. The third kappa shape index (κ3) is 5.59. The number of hydrogen-bond donors (Lipinski definition) is 2. The first-order valence-electron chi connectivity index (χ1n) is 9.08. The van der Waals surface area contributed by atoms with Crippen molar-refractivity contribution in [3.8, 4) is 5.75 Å². The summed E-state index contributed by atoms with van der Waals surface area (Å²) < 4.78 is 5.92. The second-order valence-corrected chi connectivity index (χ2v) is 7.25. The summed E-state index contributed by atoms with van der Waals surface area (Å²) in [4.78, 5) is 23.8. The second-order valence-electron chi connectivity index (χ2n) is 6.47. The van der Waals surface area contributed by atoms with Crippen molar-refractivity contribution in [3.05, 3.63) is 46.7 Å². The van der Waals surface area contributed by atoms with Crippen LogP contribution in [0.4, 0.5) is 5.69 Å². The summed E-state index contributed by atoms with van der Waals surface area (Å²) in [5, 5.41) is 9.37. The van der Waals surface area contributed by atoms with E-state index in [1.165, 1.54) is 24.2 Å². The van der Waals surface area contributed by atoms with Crippen LogP contribution in [0.15, 0.2) is 41.1 Å². The molecule has 5 nitrogen and oxygen atoms in total. The monoisotopic (exact) mass is 372 g/mol. The molecular formula is C20H24N2O3S. The molecule has 6 heteroatoms. The van der Waals surface area contributed by atoms with E-state index < -0.39 is 0 Å². The Labute approximate surface area is 157 Å². The Morgan fingerprint density at radius 3 is 2.58 bits per heavy atom. The van der Waals surface area contributed by atoms with E-state index in [1.54, 1.807) is 6.07 Å². The Morgan fingerprint density at radius 2 is 1.88 bits per heavy atom. The molecule has 0 aliphatic heterocycles. The lowest BCUT2D eigenvalue weighted by Crippen LogP contribution is -2.25. The molecular weight excluding hydrogens is 348 g/mol. The van der Waals surface area contributed by atoms with E-state index in [0.29, 0.717) is 31.1 Å². The summed E-state index contributed by atoms with van der Waals surface area (Å²) in [6, 6.07) is 9.30. The van der Waals surface area contributed by atoms with Crippen LogP contribution < -0.4 is 15.4 Å². The van der Waals surface area contributed by atoms with Gasteiger partial charge in [-0.2, -0.15) is 11.3 Å². The number of rotatable bonds is 8. The fourth-order valence-electron chi connectivity index (χ4n) is 2.99. The third-order valence-corrected chi connectivity index (χ3v) is 5.08. The molecule has 1 aromatic carbocycles. The summed E-state index contributed by atoms with van der Waals surface area (Å²) in [5.41, 5.74) is 1.43. The summed E-state index contributed by atoms with van der Waals surface area (Å²) in [6.45, 7) is 0.482. The van der Waals surface area contributed by atoms with Gasteiger partial charge in [-0.05, 0) is 67.8 Å². The molecule has 1 aromatic heterocycles. The minimum absolute atomic E-state index is 0.0563. The van der Waals surface area contributed by atoms with Crippen LogP contribution in [-0.4, -0.2) is 24.5 Å². The number of anilines is 1. The average molecular weight is 372 g/mol. The normalized spacial score (nSPS) is 14.2. The van der Waals surface area contributed by atoms with Gasteiger partial charge in [-0.25, -0.2) is 0 Å². The number of carbonyl (C=O) groups is 2. The van der Waals surface area contributed by atoms with Crippen LogP contribution in [0.3, 0.4) is 0 Å². The van der Waals surface area contributed by atoms with Crippen molar-refractivity contribution in [3.63, 3.8) is 0 Å². The molecule has 2 N–H and O–H groups in total. The lowest BCUT2D eigenvalue weighted by molar-refractivity contribution is -0.116. The number of nitrogens with one attached hydrogen (secondary N) is 2. The molecule has 1 saturated carbocycles. The van der Waals surface area contributed by atoms with Crippen LogP contribution in [0.5, 0.6) is 5.75 Å². The predicted octanol–water partition coefficient (Wildman–Crippen LogP) is 4.22. The molecule has 2 aromatic rings. The Balaban J connectivity index is 1.34. The number of benzene rings is 1. The van der Waals surface area contributed by atoms with Crippen LogP contribution >= 0.6 is 11.3 Å².